The van der Waals surface area contributed by atoms with E-state index in [0.29, 0.717) is 6.61 Å². The van der Waals surface area contributed by atoms with Gasteiger partial charge in [-0.25, -0.2) is 4.79 Å². The lowest BCUT2D eigenvalue weighted by molar-refractivity contribution is 0.00824. The molecule has 1 saturated carbocycles. The number of alkyl carbamates (subject to hydrolysis) is 1. The summed E-state index contributed by atoms with van der Waals surface area (Å²) in [5, 5.41) is 2.94. The van der Waals surface area contributed by atoms with Crippen LogP contribution in [-0.4, -0.2) is 28.8 Å². The predicted octanol–water partition coefficient (Wildman–Crippen LogP) is 3.43. The fourth-order valence-electron chi connectivity index (χ4n) is 2.55. The molecule has 2 rings (SSSR count). The van der Waals surface area contributed by atoms with Gasteiger partial charge in [0.05, 0.1) is 12.7 Å². The number of rotatable bonds is 4. The molecule has 0 unspecified atom stereocenters. The average Bonchev–Trinajstić information content (AvgIpc) is 2.45. The fraction of sp³-hybridized carbons (Fsp3) is 0.647. The lowest BCUT2D eigenvalue weighted by Crippen LogP contribution is -2.41. The third-order valence-corrected chi connectivity index (χ3v) is 3.60. The summed E-state index contributed by atoms with van der Waals surface area (Å²) in [6.07, 6.45) is 7.30. The molecular weight excluding hydrogens is 280 g/mol. The minimum absolute atomic E-state index is 0.188. The zero-order valence-corrected chi connectivity index (χ0v) is 13.7. The molecule has 1 fully saturated rings. The number of hydrogen-bond acceptors (Lipinski definition) is 4. The second kappa shape index (κ2) is 7.58. The maximum Gasteiger partial charge on any atom is 0.407 e. The summed E-state index contributed by atoms with van der Waals surface area (Å²) < 4.78 is 11.2. The van der Waals surface area contributed by atoms with Crippen molar-refractivity contribution in [1.82, 2.24) is 10.3 Å². The summed E-state index contributed by atoms with van der Waals surface area (Å²) in [5.74, 6) is 0. The number of ether oxygens (including phenoxy) is 2. The summed E-state index contributed by atoms with van der Waals surface area (Å²) in [7, 11) is 0. The van der Waals surface area contributed by atoms with E-state index < -0.39 is 5.60 Å². The predicted molar refractivity (Wildman–Crippen MR) is 84.4 cm³/mol. The second-order valence-electron chi connectivity index (χ2n) is 6.79. The normalized spacial score (nSPS) is 22.1. The van der Waals surface area contributed by atoms with E-state index in [2.05, 4.69) is 10.3 Å². The van der Waals surface area contributed by atoms with Gasteiger partial charge in [0, 0.05) is 18.4 Å². The van der Waals surface area contributed by atoms with Crippen molar-refractivity contribution >= 4 is 6.09 Å². The number of hydrogen-bond donors (Lipinski definition) is 1. The van der Waals surface area contributed by atoms with E-state index in [1.807, 2.05) is 39.1 Å². The Kier molecular flexibility index (Phi) is 5.77. The van der Waals surface area contributed by atoms with E-state index in [0.717, 1.165) is 31.2 Å². The molecule has 5 nitrogen and oxygen atoms in total. The van der Waals surface area contributed by atoms with Crippen LogP contribution < -0.4 is 5.32 Å². The Morgan fingerprint density at radius 2 is 2.05 bits per heavy atom. The molecule has 1 N–H and O–H groups in total. The lowest BCUT2D eigenvalue weighted by Gasteiger charge is -2.30. The molecule has 1 aromatic heterocycles. The first-order chi connectivity index (χ1) is 10.4. The molecule has 0 spiro atoms. The molecular formula is C17H26N2O3. The zero-order chi connectivity index (χ0) is 16.0. The third-order valence-electron chi connectivity index (χ3n) is 3.60. The summed E-state index contributed by atoms with van der Waals surface area (Å²) in [6.45, 7) is 6.21. The Hall–Kier alpha value is -1.62. The maximum atomic E-state index is 11.7. The van der Waals surface area contributed by atoms with Gasteiger partial charge in [0.25, 0.3) is 0 Å². The highest BCUT2D eigenvalue weighted by Crippen LogP contribution is 2.22. The number of pyridine rings is 1. The molecule has 1 aliphatic rings. The van der Waals surface area contributed by atoms with Crippen molar-refractivity contribution in [2.75, 3.05) is 0 Å². The Bertz CT molecular complexity index is 463. The van der Waals surface area contributed by atoms with Crippen molar-refractivity contribution in [3.63, 3.8) is 0 Å². The highest BCUT2D eigenvalue weighted by molar-refractivity contribution is 5.68. The van der Waals surface area contributed by atoms with Gasteiger partial charge in [0.15, 0.2) is 0 Å². The summed E-state index contributed by atoms with van der Waals surface area (Å²) in [4.78, 5) is 15.8. The lowest BCUT2D eigenvalue weighted by atomic mass is 9.93. The van der Waals surface area contributed by atoms with Gasteiger partial charge in [-0.1, -0.05) is 6.07 Å². The Morgan fingerprint density at radius 3 is 2.64 bits per heavy atom. The highest BCUT2D eigenvalue weighted by Gasteiger charge is 2.25. The van der Waals surface area contributed by atoms with Crippen molar-refractivity contribution in [3.8, 4) is 0 Å². The highest BCUT2D eigenvalue weighted by atomic mass is 16.6. The molecule has 1 amide bonds. The number of nitrogens with one attached hydrogen (secondary N) is 1. The van der Waals surface area contributed by atoms with Gasteiger partial charge in [-0.2, -0.15) is 0 Å². The standard InChI is InChI=1S/C17H26N2O3/c1-17(2,3)22-16(20)19-14-6-8-15(9-7-14)21-12-13-5-4-10-18-11-13/h4-5,10-11,14-15H,6-9,12H2,1-3H3,(H,19,20)/t14-,15-. The molecule has 1 heterocycles. The van der Waals surface area contributed by atoms with Crippen molar-refractivity contribution in [1.29, 1.82) is 0 Å². The first kappa shape index (κ1) is 16.7. The summed E-state index contributed by atoms with van der Waals surface area (Å²) in [5.41, 5.74) is 0.644. The van der Waals surface area contributed by atoms with Crippen molar-refractivity contribution in [2.45, 2.75) is 70.8 Å². The molecule has 0 saturated heterocycles. The molecule has 122 valence electrons. The van der Waals surface area contributed by atoms with Gasteiger partial charge in [-0.3, -0.25) is 4.98 Å². The minimum Gasteiger partial charge on any atom is -0.444 e. The molecule has 1 aromatic rings. The summed E-state index contributed by atoms with van der Waals surface area (Å²) in [6, 6.07) is 4.12. The van der Waals surface area contributed by atoms with Crippen molar-refractivity contribution in [3.05, 3.63) is 30.1 Å². The molecule has 5 heteroatoms. The maximum absolute atomic E-state index is 11.7. The van der Waals surface area contributed by atoms with Crippen LogP contribution in [0.3, 0.4) is 0 Å². The van der Waals surface area contributed by atoms with Crippen LogP contribution in [0.4, 0.5) is 4.79 Å². The topological polar surface area (TPSA) is 60.5 Å². The Morgan fingerprint density at radius 1 is 1.32 bits per heavy atom. The van der Waals surface area contributed by atoms with Gasteiger partial charge in [0.1, 0.15) is 5.60 Å². The molecule has 22 heavy (non-hydrogen) atoms. The van der Waals surface area contributed by atoms with E-state index >= 15 is 0 Å². The first-order valence-electron chi connectivity index (χ1n) is 7.92. The van der Waals surface area contributed by atoms with Gasteiger partial charge in [-0.15, -0.1) is 0 Å². The summed E-state index contributed by atoms with van der Waals surface area (Å²) >= 11 is 0. The smallest absolute Gasteiger partial charge is 0.407 e. The number of carbonyl (C=O) groups is 1. The van der Waals surface area contributed by atoms with Crippen LogP contribution in [0.5, 0.6) is 0 Å². The second-order valence-corrected chi connectivity index (χ2v) is 6.79. The van der Waals surface area contributed by atoms with E-state index in [1.54, 1.807) is 6.20 Å². The molecule has 1 aliphatic carbocycles. The molecule has 0 atom stereocenters. The average molecular weight is 306 g/mol. The van der Waals surface area contributed by atoms with Crippen LogP contribution >= 0.6 is 0 Å². The molecule has 0 radical (unpaired) electrons. The van der Waals surface area contributed by atoms with Crippen LogP contribution in [0.1, 0.15) is 52.0 Å². The Labute approximate surface area is 132 Å². The number of carbonyl (C=O) groups excluding carboxylic acids is 1. The van der Waals surface area contributed by atoms with Crippen molar-refractivity contribution in [2.24, 2.45) is 0 Å². The van der Waals surface area contributed by atoms with Gasteiger partial charge < -0.3 is 14.8 Å². The molecule has 0 aliphatic heterocycles. The number of amides is 1. The van der Waals surface area contributed by atoms with E-state index in [1.165, 1.54) is 0 Å². The number of nitrogens with zero attached hydrogens (tertiary/aromatic N) is 1. The third kappa shape index (κ3) is 6.02. The monoisotopic (exact) mass is 306 g/mol. The fourth-order valence-corrected chi connectivity index (χ4v) is 2.55. The van der Waals surface area contributed by atoms with Crippen LogP contribution in [-0.2, 0) is 16.1 Å². The SMILES string of the molecule is CC(C)(C)OC(=O)N[C@H]1CC[C@H](OCc2cccnc2)CC1. The minimum atomic E-state index is -0.450. The molecule has 0 bridgehead atoms. The van der Waals surface area contributed by atoms with E-state index in [-0.39, 0.29) is 18.2 Å². The van der Waals surface area contributed by atoms with E-state index in [4.69, 9.17) is 9.47 Å². The first-order valence-corrected chi connectivity index (χ1v) is 7.92. The van der Waals surface area contributed by atoms with Crippen LogP contribution in [0.15, 0.2) is 24.5 Å². The van der Waals surface area contributed by atoms with Gasteiger partial charge >= 0.3 is 6.09 Å². The van der Waals surface area contributed by atoms with Crippen molar-refractivity contribution < 1.29 is 14.3 Å². The van der Waals surface area contributed by atoms with Crippen LogP contribution in [0.2, 0.25) is 0 Å². The quantitative estimate of drug-likeness (QED) is 0.925. The number of aromatic nitrogens is 1. The van der Waals surface area contributed by atoms with Gasteiger partial charge in [-0.05, 0) is 58.1 Å². The van der Waals surface area contributed by atoms with Gasteiger partial charge in [0.2, 0.25) is 0 Å². The van der Waals surface area contributed by atoms with E-state index in [9.17, 15) is 4.79 Å². The Balaban J connectivity index is 1.66. The van der Waals surface area contributed by atoms with Crippen LogP contribution in [0.25, 0.3) is 0 Å². The largest absolute Gasteiger partial charge is 0.444 e. The molecule has 0 aromatic carbocycles. The van der Waals surface area contributed by atoms with Crippen LogP contribution in [0, 0.1) is 0 Å². The zero-order valence-electron chi connectivity index (χ0n) is 13.7.